The van der Waals surface area contributed by atoms with Crippen molar-refractivity contribution in [3.05, 3.63) is 57.6 Å². The largest absolute Gasteiger partial charge is 0.493 e. The highest BCUT2D eigenvalue weighted by molar-refractivity contribution is 6.32. The number of carbonyl (C=O) groups is 1. The number of hydrogen-bond acceptors (Lipinski definition) is 5. The van der Waals surface area contributed by atoms with Gasteiger partial charge in [0.25, 0.3) is 5.91 Å². The minimum absolute atomic E-state index is 0.0633. The topological polar surface area (TPSA) is 60.0 Å². The van der Waals surface area contributed by atoms with Crippen molar-refractivity contribution in [3.63, 3.8) is 0 Å². The van der Waals surface area contributed by atoms with Gasteiger partial charge in [0.2, 0.25) is 0 Å². The molecular weight excluding hydrogens is 427 g/mol. The average Bonchev–Trinajstić information content (AvgIpc) is 2.77. The maximum atomic E-state index is 12.9. The van der Waals surface area contributed by atoms with E-state index < -0.39 is 0 Å². The molecule has 1 N–H and O–H groups in total. The minimum atomic E-state index is -0.247. The van der Waals surface area contributed by atoms with Gasteiger partial charge in [-0.2, -0.15) is 0 Å². The number of morpholine rings is 1. The van der Waals surface area contributed by atoms with Crippen molar-refractivity contribution in [2.75, 3.05) is 46.6 Å². The number of benzene rings is 2. The van der Waals surface area contributed by atoms with Gasteiger partial charge in [0.1, 0.15) is 0 Å². The quantitative estimate of drug-likeness (QED) is 0.649. The standard InChI is InChI=1S/C22H26Cl2N2O4/c1-3-30-21-18(24)12-15(13-20(21)28-2)22(27)25-14-19(26-8-10-29-11-9-26)16-6-4-5-7-17(16)23/h4-7,12-13,19H,3,8-11,14H2,1-2H3,(H,25,27). The summed E-state index contributed by atoms with van der Waals surface area (Å²) in [5.41, 5.74) is 1.38. The maximum Gasteiger partial charge on any atom is 0.251 e. The Balaban J connectivity index is 1.79. The van der Waals surface area contributed by atoms with Crippen LogP contribution in [0.3, 0.4) is 0 Å². The molecular formula is C22H26Cl2N2O4. The third-order valence-electron chi connectivity index (χ3n) is 4.99. The highest BCUT2D eigenvalue weighted by atomic mass is 35.5. The summed E-state index contributed by atoms with van der Waals surface area (Å²) in [5, 5.41) is 4.02. The van der Waals surface area contributed by atoms with Crippen molar-refractivity contribution >= 4 is 29.1 Å². The van der Waals surface area contributed by atoms with E-state index in [9.17, 15) is 4.79 Å². The number of nitrogens with one attached hydrogen (secondary N) is 1. The molecule has 1 atom stereocenters. The molecule has 1 heterocycles. The van der Waals surface area contributed by atoms with E-state index in [1.165, 1.54) is 7.11 Å². The van der Waals surface area contributed by atoms with Crippen LogP contribution in [0, 0.1) is 0 Å². The van der Waals surface area contributed by atoms with E-state index in [4.69, 9.17) is 37.4 Å². The first-order valence-corrected chi connectivity index (χ1v) is 10.7. The van der Waals surface area contributed by atoms with Gasteiger partial charge in [-0.1, -0.05) is 41.4 Å². The Morgan fingerprint density at radius 3 is 2.60 bits per heavy atom. The lowest BCUT2D eigenvalue weighted by molar-refractivity contribution is 0.0162. The van der Waals surface area contributed by atoms with E-state index in [-0.39, 0.29) is 11.9 Å². The first kappa shape index (κ1) is 22.7. The number of hydrogen-bond donors (Lipinski definition) is 1. The fraction of sp³-hybridized carbons (Fsp3) is 0.409. The monoisotopic (exact) mass is 452 g/mol. The van der Waals surface area contributed by atoms with Crippen LogP contribution >= 0.6 is 23.2 Å². The van der Waals surface area contributed by atoms with Gasteiger partial charge in [0.15, 0.2) is 11.5 Å². The van der Waals surface area contributed by atoms with Crippen LogP contribution in [-0.4, -0.2) is 57.4 Å². The second-order valence-corrected chi connectivity index (χ2v) is 7.63. The first-order valence-electron chi connectivity index (χ1n) is 9.89. The number of methoxy groups -OCH3 is 1. The van der Waals surface area contributed by atoms with Gasteiger partial charge in [-0.05, 0) is 30.7 Å². The van der Waals surface area contributed by atoms with Gasteiger partial charge in [0.05, 0.1) is 38.0 Å². The molecule has 1 saturated heterocycles. The molecule has 162 valence electrons. The fourth-order valence-electron chi connectivity index (χ4n) is 3.50. The molecule has 1 aliphatic rings. The average molecular weight is 453 g/mol. The van der Waals surface area contributed by atoms with E-state index >= 15 is 0 Å². The SMILES string of the molecule is CCOc1c(Cl)cc(C(=O)NCC(c2ccccc2Cl)N2CCOCC2)cc1OC. The molecule has 0 bridgehead atoms. The zero-order valence-corrected chi connectivity index (χ0v) is 18.6. The summed E-state index contributed by atoms with van der Waals surface area (Å²) in [5.74, 6) is 0.606. The van der Waals surface area contributed by atoms with Crippen molar-refractivity contribution < 1.29 is 19.0 Å². The number of ether oxygens (including phenoxy) is 3. The molecule has 1 fully saturated rings. The van der Waals surface area contributed by atoms with E-state index in [1.807, 2.05) is 31.2 Å². The van der Waals surface area contributed by atoms with E-state index in [2.05, 4.69) is 10.2 Å². The third-order valence-corrected chi connectivity index (χ3v) is 5.61. The Bertz CT molecular complexity index is 872. The number of rotatable bonds is 8. The Kier molecular flexibility index (Phi) is 8.22. The van der Waals surface area contributed by atoms with Gasteiger partial charge in [0, 0.05) is 30.2 Å². The number of halogens is 2. The molecule has 2 aromatic rings. The van der Waals surface area contributed by atoms with Crippen molar-refractivity contribution in [2.24, 2.45) is 0 Å². The predicted octanol–water partition coefficient (Wildman–Crippen LogP) is 4.20. The molecule has 0 aliphatic carbocycles. The molecule has 6 nitrogen and oxygen atoms in total. The van der Waals surface area contributed by atoms with Crippen molar-refractivity contribution in [3.8, 4) is 11.5 Å². The van der Waals surface area contributed by atoms with E-state index in [0.717, 1.165) is 18.7 Å². The molecule has 1 unspecified atom stereocenters. The highest BCUT2D eigenvalue weighted by Gasteiger charge is 2.25. The van der Waals surface area contributed by atoms with Crippen LogP contribution in [0.1, 0.15) is 28.9 Å². The summed E-state index contributed by atoms with van der Waals surface area (Å²) in [7, 11) is 1.52. The first-order chi connectivity index (χ1) is 14.5. The van der Waals surface area contributed by atoms with Gasteiger partial charge in [-0.15, -0.1) is 0 Å². The minimum Gasteiger partial charge on any atom is -0.493 e. The van der Waals surface area contributed by atoms with E-state index in [1.54, 1.807) is 12.1 Å². The summed E-state index contributed by atoms with van der Waals surface area (Å²) >= 11 is 12.8. The van der Waals surface area contributed by atoms with E-state index in [0.29, 0.717) is 53.5 Å². The lowest BCUT2D eigenvalue weighted by Gasteiger charge is -2.35. The highest BCUT2D eigenvalue weighted by Crippen LogP contribution is 2.36. The zero-order chi connectivity index (χ0) is 21.5. The zero-order valence-electron chi connectivity index (χ0n) is 17.1. The molecule has 1 aliphatic heterocycles. The second-order valence-electron chi connectivity index (χ2n) is 6.82. The summed E-state index contributed by atoms with van der Waals surface area (Å²) in [6, 6.07) is 10.9. The molecule has 2 aromatic carbocycles. The maximum absolute atomic E-state index is 12.9. The molecule has 0 spiro atoms. The van der Waals surface area contributed by atoms with Crippen LogP contribution in [0.5, 0.6) is 11.5 Å². The smallest absolute Gasteiger partial charge is 0.251 e. The predicted molar refractivity (Wildman–Crippen MR) is 118 cm³/mol. The van der Waals surface area contributed by atoms with Crippen LogP contribution in [0.4, 0.5) is 0 Å². The fourth-order valence-corrected chi connectivity index (χ4v) is 4.02. The van der Waals surface area contributed by atoms with Crippen LogP contribution < -0.4 is 14.8 Å². The molecule has 0 saturated carbocycles. The van der Waals surface area contributed by atoms with Crippen LogP contribution in [0.25, 0.3) is 0 Å². The summed E-state index contributed by atoms with van der Waals surface area (Å²) < 4.78 is 16.3. The Morgan fingerprint density at radius 2 is 1.93 bits per heavy atom. The molecule has 8 heteroatoms. The Morgan fingerprint density at radius 1 is 1.20 bits per heavy atom. The normalized spacial score (nSPS) is 15.5. The lowest BCUT2D eigenvalue weighted by atomic mass is 10.0. The summed E-state index contributed by atoms with van der Waals surface area (Å²) in [6.45, 7) is 5.55. The van der Waals surface area contributed by atoms with Crippen LogP contribution in [-0.2, 0) is 4.74 Å². The molecule has 0 aromatic heterocycles. The summed E-state index contributed by atoms with van der Waals surface area (Å²) in [6.07, 6.45) is 0. The van der Waals surface area contributed by atoms with Gasteiger partial charge >= 0.3 is 0 Å². The molecule has 1 amide bonds. The van der Waals surface area contributed by atoms with Crippen molar-refractivity contribution in [1.29, 1.82) is 0 Å². The van der Waals surface area contributed by atoms with Crippen molar-refractivity contribution in [2.45, 2.75) is 13.0 Å². The number of nitrogens with zero attached hydrogens (tertiary/aromatic N) is 1. The van der Waals surface area contributed by atoms with Crippen LogP contribution in [0.15, 0.2) is 36.4 Å². The molecule has 3 rings (SSSR count). The molecule has 0 radical (unpaired) electrons. The van der Waals surface area contributed by atoms with Gasteiger partial charge < -0.3 is 19.5 Å². The number of amides is 1. The van der Waals surface area contributed by atoms with Crippen LogP contribution in [0.2, 0.25) is 10.0 Å². The Hall–Kier alpha value is -1.99. The third kappa shape index (κ3) is 5.38. The number of carbonyl (C=O) groups excluding carboxylic acids is 1. The second kappa shape index (κ2) is 10.9. The van der Waals surface area contributed by atoms with Gasteiger partial charge in [-0.3, -0.25) is 9.69 Å². The molecule has 30 heavy (non-hydrogen) atoms. The van der Waals surface area contributed by atoms with Gasteiger partial charge in [-0.25, -0.2) is 0 Å². The van der Waals surface area contributed by atoms with Crippen molar-refractivity contribution in [1.82, 2.24) is 10.2 Å². The Labute approximate surface area is 187 Å². The lowest BCUT2D eigenvalue weighted by Crippen LogP contribution is -2.44. The summed E-state index contributed by atoms with van der Waals surface area (Å²) in [4.78, 5) is 15.2.